The van der Waals surface area contributed by atoms with Gasteiger partial charge in [0.05, 0.1) is 5.56 Å². The van der Waals surface area contributed by atoms with Crippen molar-refractivity contribution in [2.45, 2.75) is 64.0 Å². The molecule has 6 heteroatoms. The fourth-order valence-electron chi connectivity index (χ4n) is 4.55. The van der Waals surface area contributed by atoms with Gasteiger partial charge in [0, 0.05) is 24.8 Å². The number of nitrogens with zero attached hydrogens (tertiary/aromatic N) is 2. The van der Waals surface area contributed by atoms with Gasteiger partial charge in [-0.1, -0.05) is 19.8 Å². The van der Waals surface area contributed by atoms with Crippen molar-refractivity contribution in [2.75, 3.05) is 18.5 Å². The largest absolute Gasteiger partial charge is 0.452 e. The summed E-state index contributed by atoms with van der Waals surface area (Å²) in [5.74, 6) is 1.50. The Bertz CT molecular complexity index is 686. The number of piperidine rings is 1. The van der Waals surface area contributed by atoms with E-state index < -0.39 is 5.97 Å². The van der Waals surface area contributed by atoms with E-state index >= 15 is 0 Å². The van der Waals surface area contributed by atoms with Crippen LogP contribution in [0.5, 0.6) is 0 Å². The average molecular weight is 371 g/mol. The Labute approximate surface area is 160 Å². The Hall–Kier alpha value is -2.11. The molecule has 2 saturated carbocycles. The number of rotatable bonds is 5. The standard InChI is InChI=1S/C21H29N3O3/c1-14-10-11-24(18-5-3-2-4-17(14)18)20(25)13-27-21(26)15-6-9-19(22-12-15)23-16-7-8-16/h6,9,12,14,16-18H,2-5,7-8,10-11,13H2,1H3,(H,22,23). The Morgan fingerprint density at radius 2 is 2.00 bits per heavy atom. The number of nitrogens with one attached hydrogen (secondary N) is 1. The van der Waals surface area contributed by atoms with Crippen molar-refractivity contribution in [3.05, 3.63) is 23.9 Å². The van der Waals surface area contributed by atoms with Gasteiger partial charge in [0.15, 0.2) is 6.61 Å². The van der Waals surface area contributed by atoms with E-state index in [1.54, 1.807) is 12.1 Å². The van der Waals surface area contributed by atoms with E-state index in [1.165, 1.54) is 38.3 Å². The normalized spacial score (nSPS) is 27.6. The smallest absolute Gasteiger partial charge is 0.340 e. The third-order valence-electron chi connectivity index (χ3n) is 6.31. The minimum atomic E-state index is -0.487. The Morgan fingerprint density at radius 3 is 2.74 bits per heavy atom. The molecule has 3 aliphatic rings. The molecule has 146 valence electrons. The Kier molecular flexibility index (Phi) is 5.32. The lowest BCUT2D eigenvalue weighted by atomic mass is 9.72. The zero-order chi connectivity index (χ0) is 18.8. The van der Waals surface area contributed by atoms with Crippen LogP contribution < -0.4 is 5.32 Å². The van der Waals surface area contributed by atoms with Crippen LogP contribution in [0.1, 0.15) is 62.2 Å². The molecule has 1 saturated heterocycles. The first-order valence-corrected chi connectivity index (χ1v) is 10.3. The molecule has 2 aliphatic carbocycles. The van der Waals surface area contributed by atoms with Gasteiger partial charge >= 0.3 is 5.97 Å². The third-order valence-corrected chi connectivity index (χ3v) is 6.31. The highest BCUT2D eigenvalue weighted by Gasteiger charge is 2.39. The maximum Gasteiger partial charge on any atom is 0.340 e. The Balaban J connectivity index is 1.30. The number of hydrogen-bond donors (Lipinski definition) is 1. The first-order chi connectivity index (χ1) is 13.1. The zero-order valence-corrected chi connectivity index (χ0v) is 16.0. The van der Waals surface area contributed by atoms with E-state index in [2.05, 4.69) is 17.2 Å². The van der Waals surface area contributed by atoms with Gasteiger partial charge in [-0.3, -0.25) is 4.79 Å². The highest BCUT2D eigenvalue weighted by molar-refractivity contribution is 5.91. The summed E-state index contributed by atoms with van der Waals surface area (Å²) in [7, 11) is 0. The number of esters is 1. The topological polar surface area (TPSA) is 71.5 Å². The lowest BCUT2D eigenvalue weighted by Gasteiger charge is -2.47. The molecular formula is C21H29N3O3. The second kappa shape index (κ2) is 7.87. The molecule has 3 unspecified atom stereocenters. The van der Waals surface area contributed by atoms with Crippen molar-refractivity contribution < 1.29 is 14.3 Å². The van der Waals surface area contributed by atoms with Crippen LogP contribution >= 0.6 is 0 Å². The molecular weight excluding hydrogens is 342 g/mol. The number of anilines is 1. The number of amides is 1. The highest BCUT2D eigenvalue weighted by Crippen LogP contribution is 2.38. The monoisotopic (exact) mass is 371 g/mol. The number of ether oxygens (including phenoxy) is 1. The summed E-state index contributed by atoms with van der Waals surface area (Å²) in [5.41, 5.74) is 0.381. The van der Waals surface area contributed by atoms with Gasteiger partial charge in [-0.25, -0.2) is 9.78 Å². The number of carbonyl (C=O) groups is 2. The predicted octanol–water partition coefficient (Wildman–Crippen LogP) is 3.24. The van der Waals surface area contributed by atoms with E-state index in [9.17, 15) is 9.59 Å². The van der Waals surface area contributed by atoms with Crippen molar-refractivity contribution in [1.82, 2.24) is 9.88 Å². The van der Waals surface area contributed by atoms with Gasteiger partial charge < -0.3 is 15.0 Å². The first kappa shape index (κ1) is 18.3. The van der Waals surface area contributed by atoms with Crippen molar-refractivity contribution in [3.63, 3.8) is 0 Å². The second-order valence-corrected chi connectivity index (χ2v) is 8.30. The number of carbonyl (C=O) groups excluding carboxylic acids is 2. The van der Waals surface area contributed by atoms with Gasteiger partial charge in [-0.15, -0.1) is 0 Å². The van der Waals surface area contributed by atoms with Crippen LogP contribution in [0.2, 0.25) is 0 Å². The zero-order valence-electron chi connectivity index (χ0n) is 16.0. The molecule has 6 nitrogen and oxygen atoms in total. The third kappa shape index (κ3) is 4.25. The van der Waals surface area contributed by atoms with Gasteiger partial charge in [0.2, 0.25) is 0 Å². The minimum absolute atomic E-state index is 0.0628. The van der Waals surface area contributed by atoms with Gasteiger partial charge in [-0.05, 0) is 56.1 Å². The number of hydrogen-bond acceptors (Lipinski definition) is 5. The molecule has 27 heavy (non-hydrogen) atoms. The van der Waals surface area contributed by atoms with Crippen molar-refractivity contribution >= 4 is 17.7 Å². The van der Waals surface area contributed by atoms with Crippen LogP contribution in [0.3, 0.4) is 0 Å². The fourth-order valence-corrected chi connectivity index (χ4v) is 4.55. The molecule has 1 aliphatic heterocycles. The molecule has 1 aromatic rings. The van der Waals surface area contributed by atoms with Crippen LogP contribution in [-0.2, 0) is 9.53 Å². The summed E-state index contributed by atoms with van der Waals surface area (Å²) in [4.78, 5) is 31.2. The van der Waals surface area contributed by atoms with Gasteiger partial charge in [-0.2, -0.15) is 0 Å². The molecule has 1 aromatic heterocycles. The van der Waals surface area contributed by atoms with Crippen molar-refractivity contribution in [2.24, 2.45) is 11.8 Å². The Morgan fingerprint density at radius 1 is 1.19 bits per heavy atom. The first-order valence-electron chi connectivity index (χ1n) is 10.3. The second-order valence-electron chi connectivity index (χ2n) is 8.30. The molecule has 0 radical (unpaired) electrons. The SMILES string of the molecule is CC1CCN(C(=O)COC(=O)c2ccc(NC3CC3)nc2)C2CCCCC12. The molecule has 3 fully saturated rings. The molecule has 1 N–H and O–H groups in total. The highest BCUT2D eigenvalue weighted by atomic mass is 16.5. The molecule has 1 amide bonds. The lowest BCUT2D eigenvalue weighted by molar-refractivity contribution is -0.142. The van der Waals surface area contributed by atoms with E-state index in [1.807, 2.05) is 4.90 Å². The number of fused-ring (bicyclic) bond motifs is 1. The molecule has 3 atom stereocenters. The van der Waals surface area contributed by atoms with E-state index in [0.717, 1.165) is 25.2 Å². The molecule has 0 aromatic carbocycles. The summed E-state index contributed by atoms with van der Waals surface area (Å²) in [5, 5.41) is 3.28. The summed E-state index contributed by atoms with van der Waals surface area (Å²) in [6.45, 7) is 2.90. The van der Waals surface area contributed by atoms with Gasteiger partial charge in [0.25, 0.3) is 5.91 Å². The summed E-state index contributed by atoms with van der Waals surface area (Å²) < 4.78 is 5.29. The molecule has 0 spiro atoms. The maximum atomic E-state index is 12.7. The summed E-state index contributed by atoms with van der Waals surface area (Å²) in [6, 6.07) is 4.33. The molecule has 2 heterocycles. The minimum Gasteiger partial charge on any atom is -0.452 e. The van der Waals surface area contributed by atoms with Crippen LogP contribution in [0.4, 0.5) is 5.82 Å². The summed E-state index contributed by atoms with van der Waals surface area (Å²) >= 11 is 0. The lowest BCUT2D eigenvalue weighted by Crippen LogP contribution is -2.53. The van der Waals surface area contributed by atoms with Crippen LogP contribution in [-0.4, -0.2) is 47.0 Å². The number of pyridine rings is 1. The van der Waals surface area contributed by atoms with Crippen LogP contribution in [0.25, 0.3) is 0 Å². The van der Waals surface area contributed by atoms with Crippen LogP contribution in [0, 0.1) is 11.8 Å². The van der Waals surface area contributed by atoms with Crippen molar-refractivity contribution in [1.29, 1.82) is 0 Å². The van der Waals surface area contributed by atoms with Crippen LogP contribution in [0.15, 0.2) is 18.3 Å². The maximum absolute atomic E-state index is 12.7. The average Bonchev–Trinajstić information content (AvgIpc) is 3.51. The quantitative estimate of drug-likeness (QED) is 0.805. The van der Waals surface area contributed by atoms with E-state index in [4.69, 9.17) is 4.74 Å². The predicted molar refractivity (Wildman–Crippen MR) is 102 cm³/mol. The van der Waals surface area contributed by atoms with Crippen molar-refractivity contribution in [3.8, 4) is 0 Å². The number of likely N-dealkylation sites (tertiary alicyclic amines) is 1. The molecule has 4 rings (SSSR count). The van der Waals surface area contributed by atoms with E-state index in [-0.39, 0.29) is 12.5 Å². The van der Waals surface area contributed by atoms with Gasteiger partial charge in [0.1, 0.15) is 5.82 Å². The van der Waals surface area contributed by atoms with E-state index in [0.29, 0.717) is 29.5 Å². The summed E-state index contributed by atoms with van der Waals surface area (Å²) in [6.07, 6.45) is 9.63. The number of aromatic nitrogens is 1. The molecule has 0 bridgehead atoms. The fraction of sp³-hybridized carbons (Fsp3) is 0.667.